The normalized spacial score (nSPS) is 13.5. The number of pyridine rings is 1. The highest BCUT2D eigenvalue weighted by Crippen LogP contribution is 2.22. The van der Waals surface area contributed by atoms with Crippen molar-refractivity contribution in [2.75, 3.05) is 41.3 Å². The standard InChI is InChI=1S/C23H24N4O.C2HF3O2/c1-18-7-5-6-10-21(18)26-13-15-27(16-14-26)22-12-11-19(17-24-22)23(28)25-20-8-3-2-4-9-20;3-2(4,5)1(6)7/h2-12,17H,13-16H2,1H3,(H,25,28);(H,6,7). The van der Waals surface area contributed by atoms with Gasteiger partial charge in [-0.1, -0.05) is 36.4 Å². The summed E-state index contributed by atoms with van der Waals surface area (Å²) in [7, 11) is 0. The van der Waals surface area contributed by atoms with E-state index in [0.29, 0.717) is 5.56 Å². The molecular formula is C25H25F3N4O3. The highest BCUT2D eigenvalue weighted by Gasteiger charge is 2.38. The first-order valence-corrected chi connectivity index (χ1v) is 10.8. The molecule has 0 atom stereocenters. The van der Waals surface area contributed by atoms with Crippen LogP contribution in [-0.2, 0) is 4.79 Å². The van der Waals surface area contributed by atoms with Crippen molar-refractivity contribution in [2.24, 2.45) is 0 Å². The number of carbonyl (C=O) groups is 2. The lowest BCUT2D eigenvalue weighted by Gasteiger charge is -2.37. The lowest BCUT2D eigenvalue weighted by molar-refractivity contribution is -0.192. The molecule has 184 valence electrons. The number of hydrogen-bond donors (Lipinski definition) is 2. The number of benzene rings is 2. The molecule has 3 aromatic rings. The van der Waals surface area contributed by atoms with Crippen molar-refractivity contribution < 1.29 is 27.9 Å². The molecule has 2 heterocycles. The Bertz CT molecular complexity index is 1130. The summed E-state index contributed by atoms with van der Waals surface area (Å²) in [6.07, 6.45) is -3.43. The Hall–Kier alpha value is -4.08. The fourth-order valence-electron chi connectivity index (χ4n) is 3.53. The first-order chi connectivity index (χ1) is 16.6. The van der Waals surface area contributed by atoms with Gasteiger partial charge < -0.3 is 20.2 Å². The first kappa shape index (κ1) is 25.5. The van der Waals surface area contributed by atoms with E-state index < -0.39 is 12.1 Å². The van der Waals surface area contributed by atoms with E-state index in [2.05, 4.69) is 51.3 Å². The molecule has 1 aliphatic rings. The second-order valence-corrected chi connectivity index (χ2v) is 7.79. The lowest BCUT2D eigenvalue weighted by Crippen LogP contribution is -2.47. The molecule has 0 radical (unpaired) electrons. The van der Waals surface area contributed by atoms with Crippen LogP contribution in [0.3, 0.4) is 0 Å². The number of halogens is 3. The second kappa shape index (κ2) is 11.4. The van der Waals surface area contributed by atoms with Gasteiger partial charge in [0.2, 0.25) is 0 Å². The number of alkyl halides is 3. The van der Waals surface area contributed by atoms with Crippen LogP contribution in [0.15, 0.2) is 72.9 Å². The van der Waals surface area contributed by atoms with Crippen molar-refractivity contribution in [3.63, 3.8) is 0 Å². The SMILES string of the molecule is Cc1ccccc1N1CCN(c2ccc(C(=O)Nc3ccccc3)cn2)CC1.O=C(O)C(F)(F)F. The van der Waals surface area contributed by atoms with Crippen molar-refractivity contribution in [1.29, 1.82) is 0 Å². The van der Waals surface area contributed by atoms with Gasteiger partial charge in [-0.05, 0) is 42.8 Å². The number of carboxylic acids is 1. The Morgan fingerprint density at radius 1 is 0.886 bits per heavy atom. The maximum Gasteiger partial charge on any atom is 0.490 e. The number of rotatable bonds is 4. The van der Waals surface area contributed by atoms with E-state index in [0.717, 1.165) is 37.7 Å². The third-order valence-corrected chi connectivity index (χ3v) is 5.34. The van der Waals surface area contributed by atoms with Gasteiger partial charge in [0, 0.05) is 43.8 Å². The maximum absolute atomic E-state index is 12.4. The molecule has 0 bridgehead atoms. The zero-order chi connectivity index (χ0) is 25.4. The molecule has 0 saturated carbocycles. The molecule has 35 heavy (non-hydrogen) atoms. The molecule has 0 aliphatic carbocycles. The maximum atomic E-state index is 12.4. The molecule has 1 aromatic heterocycles. The van der Waals surface area contributed by atoms with Crippen LogP contribution in [-0.4, -0.2) is 54.3 Å². The number of aryl methyl sites for hydroxylation is 1. The molecule has 4 rings (SSSR count). The van der Waals surface area contributed by atoms with Crippen LogP contribution in [0.5, 0.6) is 0 Å². The number of carboxylic acid groups (broad SMARTS) is 1. The molecule has 0 spiro atoms. The molecule has 1 fully saturated rings. The third kappa shape index (κ3) is 7.20. The summed E-state index contributed by atoms with van der Waals surface area (Å²) in [4.78, 5) is 30.5. The molecule has 2 N–H and O–H groups in total. The van der Waals surface area contributed by atoms with Gasteiger partial charge in [0.25, 0.3) is 5.91 Å². The highest BCUT2D eigenvalue weighted by atomic mass is 19.4. The number of amides is 1. The Balaban J connectivity index is 0.000000429. The predicted molar refractivity (Wildman–Crippen MR) is 128 cm³/mol. The Labute approximate surface area is 200 Å². The number of aliphatic carboxylic acids is 1. The highest BCUT2D eigenvalue weighted by molar-refractivity contribution is 6.04. The number of piperazine rings is 1. The van der Waals surface area contributed by atoms with E-state index in [4.69, 9.17) is 9.90 Å². The molecule has 7 nitrogen and oxygen atoms in total. The average molecular weight is 486 g/mol. The van der Waals surface area contributed by atoms with E-state index >= 15 is 0 Å². The summed E-state index contributed by atoms with van der Waals surface area (Å²) >= 11 is 0. The van der Waals surface area contributed by atoms with Gasteiger partial charge >= 0.3 is 12.1 Å². The van der Waals surface area contributed by atoms with Crippen LogP contribution in [0.25, 0.3) is 0 Å². The van der Waals surface area contributed by atoms with E-state index in [1.54, 1.807) is 6.20 Å². The quantitative estimate of drug-likeness (QED) is 0.561. The molecule has 1 amide bonds. The summed E-state index contributed by atoms with van der Waals surface area (Å²) in [5, 5.41) is 10.0. The van der Waals surface area contributed by atoms with Gasteiger partial charge in [0.15, 0.2) is 0 Å². The van der Waals surface area contributed by atoms with Crippen LogP contribution < -0.4 is 15.1 Å². The van der Waals surface area contributed by atoms with Crippen LogP contribution in [0.2, 0.25) is 0 Å². The summed E-state index contributed by atoms with van der Waals surface area (Å²) in [5.74, 6) is -1.98. The number of para-hydroxylation sites is 2. The molecule has 0 unspecified atom stereocenters. The Morgan fingerprint density at radius 2 is 1.46 bits per heavy atom. The van der Waals surface area contributed by atoms with E-state index in [9.17, 15) is 18.0 Å². The molecule has 1 saturated heterocycles. The average Bonchev–Trinajstić information content (AvgIpc) is 2.85. The van der Waals surface area contributed by atoms with Gasteiger partial charge in [-0.3, -0.25) is 4.79 Å². The number of aromatic nitrogens is 1. The zero-order valence-corrected chi connectivity index (χ0v) is 19.0. The number of anilines is 3. The summed E-state index contributed by atoms with van der Waals surface area (Å²) < 4.78 is 31.7. The number of nitrogens with zero attached hydrogens (tertiary/aromatic N) is 3. The second-order valence-electron chi connectivity index (χ2n) is 7.79. The van der Waals surface area contributed by atoms with Gasteiger partial charge in [-0.2, -0.15) is 13.2 Å². The minimum Gasteiger partial charge on any atom is -0.475 e. The summed E-state index contributed by atoms with van der Waals surface area (Å²) in [5.41, 5.74) is 3.96. The van der Waals surface area contributed by atoms with Crippen molar-refractivity contribution in [1.82, 2.24) is 4.98 Å². The van der Waals surface area contributed by atoms with Gasteiger partial charge in [-0.15, -0.1) is 0 Å². The minimum atomic E-state index is -5.08. The molecule has 1 aliphatic heterocycles. The first-order valence-electron chi connectivity index (χ1n) is 10.8. The molecule has 2 aromatic carbocycles. The van der Waals surface area contributed by atoms with Crippen LogP contribution in [0.4, 0.5) is 30.4 Å². The Morgan fingerprint density at radius 3 is 2.00 bits per heavy atom. The number of hydrogen-bond acceptors (Lipinski definition) is 5. The monoisotopic (exact) mass is 486 g/mol. The lowest BCUT2D eigenvalue weighted by atomic mass is 10.1. The smallest absolute Gasteiger partial charge is 0.475 e. The zero-order valence-electron chi connectivity index (χ0n) is 19.0. The van der Waals surface area contributed by atoms with E-state index in [-0.39, 0.29) is 5.91 Å². The van der Waals surface area contributed by atoms with Crippen LogP contribution in [0.1, 0.15) is 15.9 Å². The molecular weight excluding hydrogens is 461 g/mol. The molecule has 10 heteroatoms. The Kier molecular flexibility index (Phi) is 8.30. The number of nitrogens with one attached hydrogen (secondary N) is 1. The summed E-state index contributed by atoms with van der Waals surface area (Å²) in [6, 6.07) is 21.7. The predicted octanol–water partition coefficient (Wildman–Crippen LogP) is 4.60. The van der Waals surface area contributed by atoms with E-state index in [1.165, 1.54) is 11.3 Å². The fraction of sp³-hybridized carbons (Fsp3) is 0.240. The van der Waals surface area contributed by atoms with Crippen LogP contribution in [0, 0.1) is 6.92 Å². The van der Waals surface area contributed by atoms with E-state index in [1.807, 2.05) is 42.5 Å². The van der Waals surface area contributed by atoms with Crippen molar-refractivity contribution >= 4 is 29.1 Å². The van der Waals surface area contributed by atoms with Crippen LogP contribution >= 0.6 is 0 Å². The topological polar surface area (TPSA) is 85.8 Å². The van der Waals surface area contributed by atoms with Crippen molar-refractivity contribution in [3.8, 4) is 0 Å². The van der Waals surface area contributed by atoms with Gasteiger partial charge in [-0.25, -0.2) is 9.78 Å². The van der Waals surface area contributed by atoms with Gasteiger partial charge in [0.1, 0.15) is 5.82 Å². The largest absolute Gasteiger partial charge is 0.490 e. The summed E-state index contributed by atoms with van der Waals surface area (Å²) in [6.45, 7) is 5.90. The minimum absolute atomic E-state index is 0.144. The van der Waals surface area contributed by atoms with Crippen molar-refractivity contribution in [3.05, 3.63) is 84.1 Å². The fourth-order valence-corrected chi connectivity index (χ4v) is 3.53. The van der Waals surface area contributed by atoms with Crippen molar-refractivity contribution in [2.45, 2.75) is 13.1 Å². The third-order valence-electron chi connectivity index (χ3n) is 5.34. The van der Waals surface area contributed by atoms with Gasteiger partial charge in [0.05, 0.1) is 5.56 Å². The number of carbonyl (C=O) groups excluding carboxylic acids is 1.